The molecule has 1 aliphatic heterocycles. The number of nitrogens with one attached hydrogen (secondary N) is 1. The van der Waals surface area contributed by atoms with Crippen LogP contribution in [0, 0.1) is 0 Å². The highest BCUT2D eigenvalue weighted by molar-refractivity contribution is 6.34. The molecule has 3 N–H and O–H groups in total. The molecule has 0 aromatic rings. The zero-order valence-electron chi connectivity index (χ0n) is 6.88. The Morgan fingerprint density at radius 1 is 1.17 bits per heavy atom. The maximum Gasteiger partial charge on any atom is 0.323 e. The minimum absolute atomic E-state index is 0.725. The summed E-state index contributed by atoms with van der Waals surface area (Å²) in [5.41, 5.74) is 7.21. The monoisotopic (exact) mass is 171 g/mol. The molecule has 2 amide bonds. The lowest BCUT2D eigenvalue weighted by Crippen LogP contribution is -2.49. The van der Waals surface area contributed by atoms with Gasteiger partial charge in [0.2, 0.25) is 0 Å². The number of nitrogens with zero attached hydrogens (tertiary/aromatic N) is 1. The van der Waals surface area contributed by atoms with Gasteiger partial charge in [0.25, 0.3) is 0 Å². The summed E-state index contributed by atoms with van der Waals surface area (Å²) in [6.45, 7) is 1.61. The molecule has 0 bridgehead atoms. The van der Waals surface area contributed by atoms with Crippen molar-refractivity contribution in [2.75, 3.05) is 13.1 Å². The first kappa shape index (κ1) is 8.99. The number of hydrazine groups is 1. The summed E-state index contributed by atoms with van der Waals surface area (Å²) < 4.78 is 0. The maximum atomic E-state index is 10.8. The van der Waals surface area contributed by atoms with E-state index in [1.165, 1.54) is 6.42 Å². The largest absolute Gasteiger partial charge is 0.361 e. The number of nitrogens with two attached hydrogens (primary N) is 1. The fourth-order valence-corrected chi connectivity index (χ4v) is 1.20. The second-order valence-corrected chi connectivity index (χ2v) is 2.85. The normalized spacial score (nSPS) is 18.7. The molecule has 0 unspecified atom stereocenters. The molecule has 0 saturated carbocycles. The SMILES string of the molecule is NC(=O)C(=O)NN1CCCCC1. The second-order valence-electron chi connectivity index (χ2n) is 2.85. The number of hydrogen-bond acceptors (Lipinski definition) is 3. The number of rotatable bonds is 1. The van der Waals surface area contributed by atoms with Crippen LogP contribution in [0.5, 0.6) is 0 Å². The summed E-state index contributed by atoms with van der Waals surface area (Å²) in [5, 5.41) is 1.73. The molecule has 1 rings (SSSR count). The van der Waals surface area contributed by atoms with Crippen LogP contribution in [0.25, 0.3) is 0 Å². The Bertz CT molecular complexity index is 187. The van der Waals surface area contributed by atoms with E-state index in [4.69, 9.17) is 5.73 Å². The van der Waals surface area contributed by atoms with Crippen LogP contribution in [0.3, 0.4) is 0 Å². The van der Waals surface area contributed by atoms with Crippen molar-refractivity contribution in [3.8, 4) is 0 Å². The predicted molar refractivity (Wildman–Crippen MR) is 42.8 cm³/mol. The van der Waals surface area contributed by atoms with Crippen molar-refractivity contribution in [2.45, 2.75) is 19.3 Å². The van der Waals surface area contributed by atoms with Crippen LogP contribution in [0.2, 0.25) is 0 Å². The van der Waals surface area contributed by atoms with Crippen molar-refractivity contribution >= 4 is 11.8 Å². The van der Waals surface area contributed by atoms with Crippen molar-refractivity contribution < 1.29 is 9.59 Å². The van der Waals surface area contributed by atoms with Crippen LogP contribution in [0.15, 0.2) is 0 Å². The number of carbonyl (C=O) groups excluding carboxylic acids is 2. The van der Waals surface area contributed by atoms with Gasteiger partial charge in [0.1, 0.15) is 0 Å². The van der Waals surface area contributed by atoms with Gasteiger partial charge in [0.15, 0.2) is 0 Å². The summed E-state index contributed by atoms with van der Waals surface area (Å²) in [7, 11) is 0. The zero-order chi connectivity index (χ0) is 8.97. The van der Waals surface area contributed by atoms with E-state index in [-0.39, 0.29) is 0 Å². The summed E-state index contributed by atoms with van der Waals surface area (Å²) in [6, 6.07) is 0. The first-order valence-electron chi connectivity index (χ1n) is 4.05. The van der Waals surface area contributed by atoms with E-state index in [0.717, 1.165) is 25.9 Å². The molecule has 0 atom stereocenters. The average Bonchev–Trinajstić information content (AvgIpc) is 2.06. The summed E-state index contributed by atoms with van der Waals surface area (Å²) in [4.78, 5) is 21.1. The third kappa shape index (κ3) is 2.50. The maximum absolute atomic E-state index is 10.8. The fourth-order valence-electron chi connectivity index (χ4n) is 1.20. The number of piperidine rings is 1. The number of hydrogen-bond donors (Lipinski definition) is 2. The van der Waals surface area contributed by atoms with Gasteiger partial charge in [-0.05, 0) is 12.8 Å². The Morgan fingerprint density at radius 3 is 2.25 bits per heavy atom. The van der Waals surface area contributed by atoms with Gasteiger partial charge >= 0.3 is 11.8 Å². The van der Waals surface area contributed by atoms with Crippen molar-refractivity contribution in [1.82, 2.24) is 10.4 Å². The first-order valence-corrected chi connectivity index (χ1v) is 4.05. The van der Waals surface area contributed by atoms with E-state index in [1.807, 2.05) is 0 Å². The lowest BCUT2D eigenvalue weighted by molar-refractivity contribution is -0.140. The predicted octanol–water partition coefficient (Wildman–Crippen LogP) is -1.01. The van der Waals surface area contributed by atoms with E-state index < -0.39 is 11.8 Å². The highest BCUT2D eigenvalue weighted by atomic mass is 16.2. The Labute approximate surface area is 70.9 Å². The summed E-state index contributed by atoms with van der Waals surface area (Å²) in [6.07, 6.45) is 3.29. The number of carbonyl (C=O) groups is 2. The second kappa shape index (κ2) is 4.06. The molecule has 5 nitrogen and oxygen atoms in total. The van der Waals surface area contributed by atoms with Gasteiger partial charge in [-0.1, -0.05) is 6.42 Å². The van der Waals surface area contributed by atoms with Crippen molar-refractivity contribution in [3.63, 3.8) is 0 Å². The minimum atomic E-state index is -0.930. The molecule has 68 valence electrons. The molecule has 1 fully saturated rings. The molecule has 1 heterocycles. The molecule has 0 aromatic carbocycles. The highest BCUT2D eigenvalue weighted by Crippen LogP contribution is 2.05. The van der Waals surface area contributed by atoms with Crippen LogP contribution in [-0.2, 0) is 9.59 Å². The number of amides is 2. The molecule has 12 heavy (non-hydrogen) atoms. The quantitative estimate of drug-likeness (QED) is 0.496. The Kier molecular flexibility index (Phi) is 3.04. The Balaban J connectivity index is 2.29. The van der Waals surface area contributed by atoms with Gasteiger partial charge in [-0.15, -0.1) is 0 Å². The summed E-state index contributed by atoms with van der Waals surface area (Å²) in [5.74, 6) is -1.66. The molecule has 0 radical (unpaired) electrons. The van der Waals surface area contributed by atoms with Gasteiger partial charge in [-0.25, -0.2) is 5.01 Å². The van der Waals surface area contributed by atoms with E-state index in [9.17, 15) is 9.59 Å². The third-order valence-electron chi connectivity index (χ3n) is 1.84. The van der Waals surface area contributed by atoms with E-state index in [0.29, 0.717) is 0 Å². The van der Waals surface area contributed by atoms with Crippen LogP contribution < -0.4 is 11.2 Å². The van der Waals surface area contributed by atoms with Crippen LogP contribution in [-0.4, -0.2) is 29.9 Å². The first-order chi connectivity index (χ1) is 5.70. The molecule has 0 spiro atoms. The van der Waals surface area contributed by atoms with E-state index in [1.54, 1.807) is 5.01 Å². The Hall–Kier alpha value is -1.10. The molecular weight excluding hydrogens is 158 g/mol. The van der Waals surface area contributed by atoms with Gasteiger partial charge in [0, 0.05) is 13.1 Å². The molecule has 1 aliphatic rings. The van der Waals surface area contributed by atoms with Crippen molar-refractivity contribution in [1.29, 1.82) is 0 Å². The molecular formula is C7H13N3O2. The average molecular weight is 171 g/mol. The van der Waals surface area contributed by atoms with Crippen molar-refractivity contribution in [3.05, 3.63) is 0 Å². The fraction of sp³-hybridized carbons (Fsp3) is 0.714. The van der Waals surface area contributed by atoms with Gasteiger partial charge in [0.05, 0.1) is 0 Å². The van der Waals surface area contributed by atoms with E-state index in [2.05, 4.69) is 5.43 Å². The molecule has 0 aromatic heterocycles. The van der Waals surface area contributed by atoms with Gasteiger partial charge in [-0.3, -0.25) is 15.0 Å². The number of primary amides is 1. The smallest absolute Gasteiger partial charge is 0.323 e. The lowest BCUT2D eigenvalue weighted by Gasteiger charge is -2.25. The standard InChI is InChI=1S/C7H13N3O2/c8-6(11)7(12)9-10-4-2-1-3-5-10/h1-5H2,(H2,8,11)(H,9,12). The molecule has 1 saturated heterocycles. The molecule has 5 heteroatoms. The van der Waals surface area contributed by atoms with Crippen LogP contribution in [0.1, 0.15) is 19.3 Å². The van der Waals surface area contributed by atoms with Crippen molar-refractivity contribution in [2.24, 2.45) is 5.73 Å². The Morgan fingerprint density at radius 2 is 1.75 bits per heavy atom. The van der Waals surface area contributed by atoms with Crippen LogP contribution in [0.4, 0.5) is 0 Å². The highest BCUT2D eigenvalue weighted by Gasteiger charge is 2.15. The zero-order valence-corrected chi connectivity index (χ0v) is 6.88. The van der Waals surface area contributed by atoms with Gasteiger partial charge < -0.3 is 5.73 Å². The topological polar surface area (TPSA) is 75.4 Å². The third-order valence-corrected chi connectivity index (χ3v) is 1.84. The van der Waals surface area contributed by atoms with E-state index >= 15 is 0 Å². The summed E-state index contributed by atoms with van der Waals surface area (Å²) >= 11 is 0. The van der Waals surface area contributed by atoms with Gasteiger partial charge in [-0.2, -0.15) is 0 Å². The lowest BCUT2D eigenvalue weighted by atomic mass is 10.2. The van der Waals surface area contributed by atoms with Crippen LogP contribution >= 0.6 is 0 Å². The minimum Gasteiger partial charge on any atom is -0.361 e. The molecule has 0 aliphatic carbocycles.